The van der Waals surface area contributed by atoms with Crippen molar-refractivity contribution in [3.63, 3.8) is 0 Å². The van der Waals surface area contributed by atoms with Crippen LogP contribution >= 0.6 is 12.4 Å². The van der Waals surface area contributed by atoms with Crippen molar-refractivity contribution in [1.29, 1.82) is 0 Å². The molecule has 0 radical (unpaired) electrons. The lowest BCUT2D eigenvalue weighted by Gasteiger charge is -2.33. The molecular formula is C15H25ClN2O3S. The van der Waals surface area contributed by atoms with Crippen LogP contribution in [0.4, 0.5) is 0 Å². The molecule has 0 heterocycles. The molecule has 0 spiro atoms. The second kappa shape index (κ2) is 7.94. The van der Waals surface area contributed by atoms with Crippen LogP contribution in [0.25, 0.3) is 0 Å². The van der Waals surface area contributed by atoms with Crippen LogP contribution < -0.4 is 11.1 Å². The molecule has 126 valence electrons. The number of carbonyl (C=O) groups is 1. The van der Waals surface area contributed by atoms with Gasteiger partial charge in [-0.25, -0.2) is 8.42 Å². The maximum absolute atomic E-state index is 12.2. The average Bonchev–Trinajstić information content (AvgIpc) is 2.37. The van der Waals surface area contributed by atoms with E-state index in [2.05, 4.69) is 5.32 Å². The molecule has 1 aromatic carbocycles. The normalized spacial score (nSPS) is 14.1. The van der Waals surface area contributed by atoms with Gasteiger partial charge in [-0.05, 0) is 30.5 Å². The molecule has 0 aliphatic rings. The number of amides is 1. The minimum Gasteiger partial charge on any atom is -0.345 e. The first-order valence-electron chi connectivity index (χ1n) is 6.86. The van der Waals surface area contributed by atoms with Gasteiger partial charge < -0.3 is 11.1 Å². The first-order chi connectivity index (χ1) is 9.57. The third-order valence-corrected chi connectivity index (χ3v) is 4.60. The van der Waals surface area contributed by atoms with Gasteiger partial charge in [0.2, 0.25) is 0 Å². The number of hydrogen-bond donors (Lipinski definition) is 2. The van der Waals surface area contributed by atoms with E-state index in [4.69, 9.17) is 5.73 Å². The Hall–Kier alpha value is -1.11. The van der Waals surface area contributed by atoms with Gasteiger partial charge in [0.25, 0.3) is 5.91 Å². The Kier molecular flexibility index (Phi) is 7.54. The van der Waals surface area contributed by atoms with Gasteiger partial charge in [-0.2, -0.15) is 0 Å². The van der Waals surface area contributed by atoms with E-state index < -0.39 is 15.4 Å². The van der Waals surface area contributed by atoms with E-state index >= 15 is 0 Å². The molecule has 7 heteroatoms. The molecule has 0 fully saturated rings. The number of hydrogen-bond acceptors (Lipinski definition) is 4. The van der Waals surface area contributed by atoms with Gasteiger partial charge in [0.05, 0.1) is 11.3 Å². The van der Waals surface area contributed by atoms with Crippen LogP contribution in [0, 0.1) is 5.92 Å². The van der Waals surface area contributed by atoms with Gasteiger partial charge in [0.1, 0.15) is 0 Å². The van der Waals surface area contributed by atoms with Crippen LogP contribution in [0.2, 0.25) is 0 Å². The smallest absolute Gasteiger partial charge is 0.251 e. The SMILES string of the molecule is CC(C)C(C)(CN)NC(=O)c1ccc(CS(C)(=O)=O)cc1.Cl. The molecule has 0 aromatic heterocycles. The minimum atomic E-state index is -3.07. The Bertz CT molecular complexity index is 600. The van der Waals surface area contributed by atoms with Crippen molar-refractivity contribution < 1.29 is 13.2 Å². The molecule has 1 atom stereocenters. The Morgan fingerprint density at radius 1 is 1.27 bits per heavy atom. The number of benzene rings is 1. The number of nitrogens with one attached hydrogen (secondary N) is 1. The van der Waals surface area contributed by atoms with Crippen molar-refractivity contribution >= 4 is 28.2 Å². The van der Waals surface area contributed by atoms with Crippen molar-refractivity contribution in [2.45, 2.75) is 32.1 Å². The lowest BCUT2D eigenvalue weighted by molar-refractivity contribution is 0.0883. The fraction of sp³-hybridized carbons (Fsp3) is 0.533. The summed E-state index contributed by atoms with van der Waals surface area (Å²) in [5.74, 6) is -0.0278. The van der Waals surface area contributed by atoms with Gasteiger partial charge in [-0.1, -0.05) is 26.0 Å². The molecule has 1 rings (SSSR count). The predicted molar refractivity (Wildman–Crippen MR) is 92.0 cm³/mol. The van der Waals surface area contributed by atoms with Gasteiger partial charge >= 0.3 is 0 Å². The van der Waals surface area contributed by atoms with E-state index in [0.29, 0.717) is 17.7 Å². The summed E-state index contributed by atoms with van der Waals surface area (Å²) in [4.78, 5) is 12.2. The summed E-state index contributed by atoms with van der Waals surface area (Å²) in [6.45, 7) is 6.26. The highest BCUT2D eigenvalue weighted by atomic mass is 35.5. The molecule has 1 unspecified atom stereocenters. The Balaban J connectivity index is 0.00000441. The zero-order valence-electron chi connectivity index (χ0n) is 13.4. The molecular weight excluding hydrogens is 324 g/mol. The Morgan fingerprint density at radius 2 is 1.77 bits per heavy atom. The first kappa shape index (κ1) is 20.9. The monoisotopic (exact) mass is 348 g/mol. The van der Waals surface area contributed by atoms with Crippen LogP contribution in [-0.2, 0) is 15.6 Å². The van der Waals surface area contributed by atoms with E-state index in [1.54, 1.807) is 24.3 Å². The molecule has 0 aliphatic heterocycles. The number of nitrogens with two attached hydrogens (primary N) is 1. The molecule has 22 heavy (non-hydrogen) atoms. The Labute approximate surface area is 139 Å². The largest absolute Gasteiger partial charge is 0.345 e. The second-order valence-corrected chi connectivity index (χ2v) is 8.14. The number of halogens is 1. The summed E-state index contributed by atoms with van der Waals surface area (Å²) in [5, 5.41) is 2.94. The maximum atomic E-state index is 12.2. The summed E-state index contributed by atoms with van der Waals surface area (Å²) in [6.07, 6.45) is 1.18. The van der Waals surface area contributed by atoms with Gasteiger partial charge in [0.15, 0.2) is 9.84 Å². The topological polar surface area (TPSA) is 89.3 Å². The van der Waals surface area contributed by atoms with Crippen molar-refractivity contribution in [3.8, 4) is 0 Å². The number of carbonyl (C=O) groups excluding carboxylic acids is 1. The average molecular weight is 349 g/mol. The fourth-order valence-electron chi connectivity index (χ4n) is 1.82. The van der Waals surface area contributed by atoms with Crippen LogP contribution in [0.5, 0.6) is 0 Å². The van der Waals surface area contributed by atoms with E-state index in [-0.39, 0.29) is 30.0 Å². The third kappa shape index (κ3) is 5.94. The van der Waals surface area contributed by atoms with Gasteiger partial charge in [-0.3, -0.25) is 4.79 Å². The summed E-state index contributed by atoms with van der Waals surface area (Å²) < 4.78 is 22.5. The van der Waals surface area contributed by atoms with E-state index in [1.807, 2.05) is 20.8 Å². The summed E-state index contributed by atoms with van der Waals surface area (Å²) in [7, 11) is -3.07. The maximum Gasteiger partial charge on any atom is 0.251 e. The van der Waals surface area contributed by atoms with Crippen LogP contribution in [0.15, 0.2) is 24.3 Å². The predicted octanol–water partition coefficient (Wildman–Crippen LogP) is 1.76. The second-order valence-electron chi connectivity index (χ2n) is 6.00. The molecule has 1 amide bonds. The zero-order valence-corrected chi connectivity index (χ0v) is 15.1. The lowest BCUT2D eigenvalue weighted by atomic mass is 9.88. The van der Waals surface area contributed by atoms with Crippen molar-refractivity contribution in [2.24, 2.45) is 11.7 Å². The van der Waals surface area contributed by atoms with Crippen molar-refractivity contribution in [2.75, 3.05) is 12.8 Å². The Morgan fingerprint density at radius 3 is 2.14 bits per heavy atom. The molecule has 5 nitrogen and oxygen atoms in total. The van der Waals surface area contributed by atoms with Crippen molar-refractivity contribution in [3.05, 3.63) is 35.4 Å². The quantitative estimate of drug-likeness (QED) is 0.819. The molecule has 1 aromatic rings. The summed E-state index contributed by atoms with van der Waals surface area (Å²) >= 11 is 0. The molecule has 3 N–H and O–H groups in total. The highest BCUT2D eigenvalue weighted by Crippen LogP contribution is 2.16. The summed E-state index contributed by atoms with van der Waals surface area (Å²) in [5.41, 5.74) is 6.44. The van der Waals surface area contributed by atoms with Crippen LogP contribution in [0.3, 0.4) is 0 Å². The minimum absolute atomic E-state index is 0. The van der Waals surface area contributed by atoms with Crippen LogP contribution in [-0.4, -0.2) is 32.7 Å². The standard InChI is InChI=1S/C15H24N2O3S.ClH/c1-11(2)15(3,10-16)17-14(18)13-7-5-12(6-8-13)9-21(4,19)20;/h5-8,11H,9-10,16H2,1-4H3,(H,17,18);1H. The van der Waals surface area contributed by atoms with E-state index in [1.165, 1.54) is 6.26 Å². The molecule has 0 bridgehead atoms. The molecule has 0 saturated carbocycles. The van der Waals surface area contributed by atoms with Gasteiger partial charge in [-0.15, -0.1) is 12.4 Å². The third-order valence-electron chi connectivity index (χ3n) is 3.74. The molecule has 0 saturated heterocycles. The van der Waals surface area contributed by atoms with Crippen LogP contribution in [0.1, 0.15) is 36.7 Å². The van der Waals surface area contributed by atoms with Crippen molar-refractivity contribution in [1.82, 2.24) is 5.32 Å². The summed E-state index contributed by atoms with van der Waals surface area (Å²) in [6, 6.07) is 6.58. The lowest BCUT2D eigenvalue weighted by Crippen LogP contribution is -2.55. The zero-order chi connectivity index (χ0) is 16.3. The highest BCUT2D eigenvalue weighted by Gasteiger charge is 2.28. The van der Waals surface area contributed by atoms with Gasteiger partial charge in [0, 0.05) is 18.4 Å². The first-order valence-corrected chi connectivity index (χ1v) is 8.92. The number of rotatable bonds is 6. The highest BCUT2D eigenvalue weighted by molar-refractivity contribution is 7.89. The number of sulfone groups is 1. The fourth-order valence-corrected chi connectivity index (χ4v) is 2.62. The van der Waals surface area contributed by atoms with E-state index in [0.717, 1.165) is 0 Å². The molecule has 0 aliphatic carbocycles. The van der Waals surface area contributed by atoms with E-state index in [9.17, 15) is 13.2 Å².